The summed E-state index contributed by atoms with van der Waals surface area (Å²) in [5.74, 6) is 7.96. The van der Waals surface area contributed by atoms with Crippen LogP contribution in [0.2, 0.25) is 5.02 Å². The predicted molar refractivity (Wildman–Crippen MR) is 173 cm³/mol. The fourth-order valence-electron chi connectivity index (χ4n) is 5.52. The number of para-hydroxylation sites is 1. The van der Waals surface area contributed by atoms with Gasteiger partial charge in [0.2, 0.25) is 10.0 Å². The Hall–Kier alpha value is -3.78. The van der Waals surface area contributed by atoms with E-state index in [9.17, 15) is 8.42 Å². The summed E-state index contributed by atoms with van der Waals surface area (Å²) >= 11 is 6.60. The molecule has 0 spiro atoms. The van der Waals surface area contributed by atoms with E-state index in [2.05, 4.69) is 27.2 Å². The summed E-state index contributed by atoms with van der Waals surface area (Å²) in [6.07, 6.45) is 5.74. The average molecular weight is 631 g/mol. The lowest BCUT2D eigenvalue weighted by Crippen LogP contribution is -2.39. The number of nitrogens with one attached hydrogen (secondary N) is 1. The lowest BCUT2D eigenvalue weighted by atomic mass is 9.96. The molecule has 0 amide bonds. The molecule has 8 nitrogen and oxygen atoms in total. The third-order valence-electron chi connectivity index (χ3n) is 7.86. The van der Waals surface area contributed by atoms with Gasteiger partial charge in [0.25, 0.3) is 0 Å². The zero-order valence-corrected chi connectivity index (χ0v) is 26.2. The topological polar surface area (TPSA) is 74.4 Å². The Balaban J connectivity index is 1.20. The van der Waals surface area contributed by atoms with Gasteiger partial charge in [-0.2, -0.15) is 0 Å². The molecular weight excluding hydrogens is 596 g/mol. The van der Waals surface area contributed by atoms with Crippen molar-refractivity contribution in [1.29, 1.82) is 0 Å². The highest BCUT2D eigenvalue weighted by atomic mass is 35.5. The van der Waals surface area contributed by atoms with Crippen molar-refractivity contribution in [3.8, 4) is 23.3 Å². The van der Waals surface area contributed by atoms with Crippen molar-refractivity contribution >= 4 is 21.6 Å². The number of benzene rings is 3. The molecule has 3 aromatic rings. The van der Waals surface area contributed by atoms with Crippen LogP contribution in [0, 0.1) is 11.8 Å². The molecule has 0 radical (unpaired) electrons. The maximum absolute atomic E-state index is 12.4. The standard InChI is InChI=1S/C34H35ClN4O4S/c1-44(40,41)38-19-16-33-31(25-38)34(36-39(33)18-5-17-37-20-22-42-23-21-37)28-12-15-32(35)27(24-28)11-8-26-9-13-30(14-10-26)43-29-6-3-2-4-7-29/h2-4,6-7,9-10,12-16,19,24,34,36H,5,17-18,20-23,25H2,1H3. The maximum atomic E-state index is 12.4. The van der Waals surface area contributed by atoms with Crippen LogP contribution >= 0.6 is 11.6 Å². The Bertz CT molecular complexity index is 1710. The minimum absolute atomic E-state index is 0.213. The first-order valence-corrected chi connectivity index (χ1v) is 16.9. The Morgan fingerprint density at radius 1 is 0.977 bits per heavy atom. The number of ether oxygens (including phenoxy) is 2. The van der Waals surface area contributed by atoms with Crippen LogP contribution in [-0.4, -0.2) is 74.8 Å². The van der Waals surface area contributed by atoms with Crippen LogP contribution in [0.25, 0.3) is 0 Å². The maximum Gasteiger partial charge on any atom is 0.232 e. The average Bonchev–Trinajstić information content (AvgIpc) is 3.40. The predicted octanol–water partition coefficient (Wildman–Crippen LogP) is 5.16. The summed E-state index contributed by atoms with van der Waals surface area (Å²) in [6, 6.07) is 22.9. The largest absolute Gasteiger partial charge is 0.457 e. The number of allylic oxidation sites excluding steroid dienone is 1. The molecule has 0 aliphatic carbocycles. The zero-order valence-electron chi connectivity index (χ0n) is 24.6. The molecule has 0 aromatic heterocycles. The van der Waals surface area contributed by atoms with Gasteiger partial charge in [-0.15, -0.1) is 0 Å². The third kappa shape index (κ3) is 7.29. The molecule has 44 heavy (non-hydrogen) atoms. The molecule has 1 unspecified atom stereocenters. The lowest BCUT2D eigenvalue weighted by molar-refractivity contribution is 0.0360. The van der Waals surface area contributed by atoms with Crippen molar-refractivity contribution < 1.29 is 17.9 Å². The van der Waals surface area contributed by atoms with Gasteiger partial charge in [0.1, 0.15) is 11.5 Å². The lowest BCUT2D eigenvalue weighted by Gasteiger charge is -2.28. The fourth-order valence-corrected chi connectivity index (χ4v) is 6.34. The quantitative estimate of drug-likeness (QED) is 0.345. The molecule has 3 heterocycles. The molecule has 1 saturated heterocycles. The van der Waals surface area contributed by atoms with E-state index in [0.717, 1.165) is 79.7 Å². The minimum Gasteiger partial charge on any atom is -0.457 e. The van der Waals surface area contributed by atoms with Crippen molar-refractivity contribution in [3.63, 3.8) is 0 Å². The van der Waals surface area contributed by atoms with Gasteiger partial charge >= 0.3 is 0 Å². The van der Waals surface area contributed by atoms with Crippen LogP contribution in [-0.2, 0) is 14.8 Å². The van der Waals surface area contributed by atoms with E-state index in [4.69, 9.17) is 21.1 Å². The first kappa shape index (κ1) is 30.3. The fraction of sp³-hybridized carbons (Fsp3) is 0.294. The number of sulfonamides is 1. The van der Waals surface area contributed by atoms with Crippen molar-refractivity contribution in [3.05, 3.63) is 118 Å². The molecule has 1 fully saturated rings. The molecule has 3 aromatic carbocycles. The number of rotatable bonds is 8. The molecule has 3 aliphatic rings. The number of hydrogen-bond donors (Lipinski definition) is 1. The summed E-state index contributed by atoms with van der Waals surface area (Å²) in [4.78, 5) is 2.42. The van der Waals surface area contributed by atoms with Gasteiger partial charge in [0.15, 0.2) is 0 Å². The van der Waals surface area contributed by atoms with Crippen LogP contribution in [0.4, 0.5) is 0 Å². The first-order chi connectivity index (χ1) is 21.3. The Labute approximate surface area is 264 Å². The monoisotopic (exact) mass is 630 g/mol. The summed E-state index contributed by atoms with van der Waals surface area (Å²) in [7, 11) is -3.40. The highest BCUT2D eigenvalue weighted by Gasteiger charge is 2.35. The number of hydrogen-bond acceptors (Lipinski definition) is 7. The Morgan fingerprint density at radius 3 is 2.48 bits per heavy atom. The second-order valence-corrected chi connectivity index (χ2v) is 13.3. The summed E-state index contributed by atoms with van der Waals surface area (Å²) in [6.45, 7) is 5.51. The summed E-state index contributed by atoms with van der Waals surface area (Å²) < 4.78 is 37.6. The first-order valence-electron chi connectivity index (χ1n) is 14.7. The van der Waals surface area contributed by atoms with Crippen molar-refractivity contribution in [1.82, 2.24) is 19.6 Å². The van der Waals surface area contributed by atoms with Gasteiger partial charge in [-0.1, -0.05) is 47.7 Å². The van der Waals surface area contributed by atoms with Gasteiger partial charge in [-0.3, -0.25) is 9.21 Å². The Kier molecular flexibility index (Phi) is 9.26. The van der Waals surface area contributed by atoms with Gasteiger partial charge in [-0.05, 0) is 72.2 Å². The summed E-state index contributed by atoms with van der Waals surface area (Å²) in [5, 5.41) is 2.71. The van der Waals surface area contributed by atoms with Crippen molar-refractivity contribution in [2.75, 3.05) is 52.2 Å². The third-order valence-corrected chi connectivity index (χ3v) is 9.29. The zero-order chi connectivity index (χ0) is 30.5. The molecule has 10 heteroatoms. The van der Waals surface area contributed by atoms with Crippen LogP contribution < -0.4 is 10.2 Å². The molecule has 228 valence electrons. The number of halogens is 1. The number of hydrazine groups is 1. The molecule has 3 aliphatic heterocycles. The second-order valence-electron chi connectivity index (χ2n) is 11.0. The van der Waals surface area contributed by atoms with Crippen LogP contribution in [0.5, 0.6) is 11.5 Å². The minimum atomic E-state index is -3.40. The normalized spacial score (nSPS) is 18.6. The van der Waals surface area contributed by atoms with Crippen LogP contribution in [0.3, 0.4) is 0 Å². The SMILES string of the molecule is CS(=O)(=O)N1C=CC2=C(C1)C(c1ccc(Cl)c(C#Cc3ccc(Oc4ccccc4)cc3)c1)NN2CCCN1CCOCC1. The van der Waals surface area contributed by atoms with Gasteiger partial charge < -0.3 is 14.5 Å². The highest BCUT2D eigenvalue weighted by Crippen LogP contribution is 2.37. The van der Waals surface area contributed by atoms with E-state index in [0.29, 0.717) is 10.6 Å². The molecule has 1 N–H and O–H groups in total. The van der Waals surface area contributed by atoms with E-state index < -0.39 is 10.0 Å². The van der Waals surface area contributed by atoms with E-state index in [1.54, 1.807) is 6.20 Å². The van der Waals surface area contributed by atoms with E-state index in [1.807, 2.05) is 78.9 Å². The van der Waals surface area contributed by atoms with E-state index >= 15 is 0 Å². The van der Waals surface area contributed by atoms with Gasteiger partial charge in [0, 0.05) is 43.5 Å². The van der Waals surface area contributed by atoms with Crippen LogP contribution in [0.1, 0.15) is 29.2 Å². The molecular formula is C34H35ClN4O4S. The highest BCUT2D eigenvalue weighted by molar-refractivity contribution is 7.88. The van der Waals surface area contributed by atoms with E-state index in [1.165, 1.54) is 10.6 Å². The smallest absolute Gasteiger partial charge is 0.232 e. The number of nitrogens with zero attached hydrogens (tertiary/aromatic N) is 3. The Morgan fingerprint density at radius 2 is 1.73 bits per heavy atom. The van der Waals surface area contributed by atoms with Gasteiger partial charge in [-0.25, -0.2) is 13.8 Å². The molecule has 6 rings (SSSR count). The van der Waals surface area contributed by atoms with Crippen molar-refractivity contribution in [2.45, 2.75) is 12.5 Å². The number of morpholine rings is 1. The second kappa shape index (κ2) is 13.5. The molecule has 0 saturated carbocycles. The van der Waals surface area contributed by atoms with E-state index in [-0.39, 0.29) is 12.6 Å². The molecule has 0 bridgehead atoms. The van der Waals surface area contributed by atoms with Crippen molar-refractivity contribution in [2.24, 2.45) is 0 Å². The van der Waals surface area contributed by atoms with Crippen LogP contribution in [0.15, 0.2) is 96.3 Å². The van der Waals surface area contributed by atoms with Gasteiger partial charge in [0.05, 0.1) is 42.8 Å². The molecule has 1 atom stereocenters. The summed E-state index contributed by atoms with van der Waals surface area (Å²) in [5.41, 5.74) is 8.16.